The van der Waals surface area contributed by atoms with Crippen LogP contribution in [0.1, 0.15) is 59.8 Å². The standard InChI is InChI=1S/C37H41F2N7O5/c1-19-31-24-11-10-22(46(24)35(48)51-36(2,3)4)17-45(31)32-26-29(42-34(43-32)49-18-37-12-7-13-44(37)16-21(38)15-37)27(39)30(41-33(26)50-19)28-23-9-6-5-8-20(23)14-25(47)40-28/h5-6,8-9,14,19,21-22,24,31H,7,10-13,15-18H2,1-4H3,(H,40,47)/t19-,21+,22+,24-,31+,37-/m0/s1. The van der Waals surface area contributed by atoms with Gasteiger partial charge < -0.3 is 24.1 Å². The highest BCUT2D eigenvalue weighted by molar-refractivity contribution is 6.00. The van der Waals surface area contributed by atoms with Crippen LogP contribution in [0.3, 0.4) is 0 Å². The summed E-state index contributed by atoms with van der Waals surface area (Å²) in [5.41, 5.74) is -1.53. The van der Waals surface area contributed by atoms with Gasteiger partial charge in [0.15, 0.2) is 5.82 Å². The van der Waals surface area contributed by atoms with Crippen molar-refractivity contribution in [1.29, 1.82) is 0 Å². The number of anilines is 1. The van der Waals surface area contributed by atoms with Gasteiger partial charge in [-0.3, -0.25) is 14.6 Å². The number of pyridine rings is 2. The molecule has 9 rings (SSSR count). The number of nitrogens with zero attached hydrogens (tertiary/aromatic N) is 6. The largest absolute Gasteiger partial charge is 0.472 e. The maximum atomic E-state index is 17.1. The summed E-state index contributed by atoms with van der Waals surface area (Å²) in [6.07, 6.45) is 1.73. The number of carbonyl (C=O) groups excluding carboxylic acids is 1. The number of nitrogens with one attached hydrogen (secondary N) is 1. The fraction of sp³-hybridized carbons (Fsp3) is 0.541. The highest BCUT2D eigenvalue weighted by atomic mass is 19.1. The zero-order valence-corrected chi connectivity index (χ0v) is 29.1. The van der Waals surface area contributed by atoms with Gasteiger partial charge in [-0.2, -0.15) is 9.97 Å². The second-order valence-electron chi connectivity index (χ2n) is 15.7. The lowest BCUT2D eigenvalue weighted by Crippen LogP contribution is -2.65. The van der Waals surface area contributed by atoms with Gasteiger partial charge >= 0.3 is 12.1 Å². The number of carbonyl (C=O) groups is 1. The first-order valence-electron chi connectivity index (χ1n) is 17.9. The highest BCUT2D eigenvalue weighted by Gasteiger charge is 2.54. The molecule has 2 bridgehead atoms. The number of aromatic amines is 1. The monoisotopic (exact) mass is 701 g/mol. The Labute approximate surface area is 293 Å². The molecule has 8 heterocycles. The van der Waals surface area contributed by atoms with E-state index in [1.165, 1.54) is 6.07 Å². The van der Waals surface area contributed by atoms with E-state index in [-0.39, 0.29) is 65.0 Å². The molecule has 51 heavy (non-hydrogen) atoms. The van der Waals surface area contributed by atoms with Crippen LogP contribution < -0.4 is 19.9 Å². The summed E-state index contributed by atoms with van der Waals surface area (Å²) < 4.78 is 50.6. The normalized spacial score (nSPS) is 28.5. The van der Waals surface area contributed by atoms with E-state index in [4.69, 9.17) is 24.2 Å². The molecule has 12 nitrogen and oxygen atoms in total. The number of benzene rings is 1. The molecule has 4 aromatic rings. The van der Waals surface area contributed by atoms with Crippen molar-refractivity contribution < 1.29 is 27.8 Å². The number of hydrogen-bond donors (Lipinski definition) is 1. The lowest BCUT2D eigenvalue weighted by Gasteiger charge is -2.48. The second kappa shape index (κ2) is 11.5. The van der Waals surface area contributed by atoms with Crippen molar-refractivity contribution in [2.24, 2.45) is 0 Å². The summed E-state index contributed by atoms with van der Waals surface area (Å²) in [6, 6.07) is 7.78. The average molecular weight is 702 g/mol. The molecule has 0 radical (unpaired) electrons. The molecule has 3 aromatic heterocycles. The molecule has 4 saturated heterocycles. The quantitative estimate of drug-likeness (QED) is 0.297. The van der Waals surface area contributed by atoms with E-state index in [0.29, 0.717) is 36.1 Å². The Morgan fingerprint density at radius 2 is 1.98 bits per heavy atom. The molecule has 14 heteroatoms. The summed E-state index contributed by atoms with van der Waals surface area (Å²) in [6.45, 7) is 9.19. The molecule has 5 aliphatic heterocycles. The number of ether oxygens (including phenoxy) is 3. The number of alkyl halides is 1. The Kier molecular flexibility index (Phi) is 7.26. The third-order valence-electron chi connectivity index (χ3n) is 11.3. The predicted octanol–water partition coefficient (Wildman–Crippen LogP) is 5.37. The fourth-order valence-corrected chi connectivity index (χ4v) is 9.30. The van der Waals surface area contributed by atoms with Crippen molar-refractivity contribution in [1.82, 2.24) is 29.7 Å². The van der Waals surface area contributed by atoms with Crippen molar-refractivity contribution in [3.63, 3.8) is 0 Å². The lowest BCUT2D eigenvalue weighted by atomic mass is 9.95. The first kappa shape index (κ1) is 32.3. The van der Waals surface area contributed by atoms with E-state index >= 15 is 4.39 Å². The number of hydrogen-bond acceptors (Lipinski definition) is 10. The van der Waals surface area contributed by atoms with Crippen LogP contribution >= 0.6 is 0 Å². The van der Waals surface area contributed by atoms with Crippen LogP contribution in [0.5, 0.6) is 11.9 Å². The Morgan fingerprint density at radius 3 is 2.80 bits per heavy atom. The van der Waals surface area contributed by atoms with Gasteiger partial charge in [-0.05, 0) is 65.3 Å². The van der Waals surface area contributed by atoms with Gasteiger partial charge in [0.2, 0.25) is 11.4 Å². The van der Waals surface area contributed by atoms with Gasteiger partial charge in [0, 0.05) is 31.0 Å². The van der Waals surface area contributed by atoms with E-state index in [9.17, 15) is 14.0 Å². The molecule has 4 fully saturated rings. The van der Waals surface area contributed by atoms with Crippen molar-refractivity contribution in [3.05, 3.63) is 46.5 Å². The van der Waals surface area contributed by atoms with Crippen molar-refractivity contribution in [2.75, 3.05) is 31.1 Å². The number of aromatic nitrogens is 4. The molecule has 0 saturated carbocycles. The predicted molar refractivity (Wildman–Crippen MR) is 186 cm³/mol. The van der Waals surface area contributed by atoms with E-state index < -0.39 is 34.8 Å². The topological polar surface area (TPSA) is 126 Å². The number of amides is 1. The fourth-order valence-electron chi connectivity index (χ4n) is 9.30. The van der Waals surface area contributed by atoms with Crippen LogP contribution in [0, 0.1) is 5.82 Å². The maximum absolute atomic E-state index is 17.1. The number of rotatable bonds is 4. The van der Waals surface area contributed by atoms with Crippen LogP contribution in [0.4, 0.5) is 19.4 Å². The maximum Gasteiger partial charge on any atom is 0.410 e. The number of piperazine rings is 1. The minimum atomic E-state index is -0.941. The first-order valence-corrected chi connectivity index (χ1v) is 17.9. The van der Waals surface area contributed by atoms with E-state index in [1.807, 2.05) is 44.7 Å². The first-order chi connectivity index (χ1) is 24.4. The smallest absolute Gasteiger partial charge is 0.410 e. The highest BCUT2D eigenvalue weighted by Crippen LogP contribution is 2.47. The molecule has 0 unspecified atom stereocenters. The molecule has 6 atom stereocenters. The summed E-state index contributed by atoms with van der Waals surface area (Å²) in [5.74, 6) is -0.236. The molecule has 1 amide bonds. The zero-order chi connectivity index (χ0) is 35.4. The molecule has 268 valence electrons. The third-order valence-corrected chi connectivity index (χ3v) is 11.3. The summed E-state index contributed by atoms with van der Waals surface area (Å²) >= 11 is 0. The lowest BCUT2D eigenvalue weighted by molar-refractivity contribution is 0.000937. The van der Waals surface area contributed by atoms with Crippen molar-refractivity contribution >= 4 is 33.6 Å². The van der Waals surface area contributed by atoms with Crippen LogP contribution in [-0.2, 0) is 4.74 Å². The number of H-pyrrole nitrogens is 1. The van der Waals surface area contributed by atoms with Crippen molar-refractivity contribution in [3.8, 4) is 23.3 Å². The Bertz CT molecular complexity index is 2140. The third kappa shape index (κ3) is 5.19. The van der Waals surface area contributed by atoms with E-state index in [0.717, 1.165) is 32.2 Å². The Morgan fingerprint density at radius 1 is 1.16 bits per heavy atom. The molecule has 0 aliphatic carbocycles. The number of fused-ring (bicyclic) bond motifs is 7. The van der Waals surface area contributed by atoms with Crippen molar-refractivity contribution in [2.45, 2.75) is 101 Å². The molecule has 1 aromatic carbocycles. The van der Waals surface area contributed by atoms with Gasteiger partial charge in [0.1, 0.15) is 46.9 Å². The Hall–Kier alpha value is -4.59. The SMILES string of the molecule is C[C@@H]1Oc2nc(-c3[nH]c(=O)cc4ccccc34)c(F)c3nc(OC[C@@]45CCCN4C[C@H](F)C5)nc(c23)N2C[C@H]3CC[C@@H]([C@@H]12)N3C(=O)OC(C)(C)C. The second-order valence-corrected chi connectivity index (χ2v) is 15.7. The molecule has 0 spiro atoms. The van der Waals surface area contributed by atoms with Gasteiger partial charge in [-0.15, -0.1) is 0 Å². The minimum Gasteiger partial charge on any atom is -0.472 e. The average Bonchev–Trinajstić information content (AvgIpc) is 3.68. The van der Waals surface area contributed by atoms with Crippen LogP contribution in [0.2, 0.25) is 0 Å². The van der Waals surface area contributed by atoms with Crippen LogP contribution in [0.15, 0.2) is 35.1 Å². The summed E-state index contributed by atoms with van der Waals surface area (Å²) in [4.78, 5) is 49.6. The molecule has 5 aliphatic rings. The van der Waals surface area contributed by atoms with E-state index in [2.05, 4.69) is 19.8 Å². The van der Waals surface area contributed by atoms with E-state index in [1.54, 1.807) is 12.1 Å². The van der Waals surface area contributed by atoms with Gasteiger partial charge in [0.05, 0.1) is 29.4 Å². The number of halogens is 2. The zero-order valence-electron chi connectivity index (χ0n) is 29.1. The molecule has 1 N–H and O–H groups in total. The molecular formula is C37H41F2N7O5. The van der Waals surface area contributed by atoms with Crippen LogP contribution in [-0.4, -0.2) is 104 Å². The van der Waals surface area contributed by atoms with Gasteiger partial charge in [0.25, 0.3) is 0 Å². The summed E-state index contributed by atoms with van der Waals surface area (Å²) in [5, 5.41) is 1.52. The van der Waals surface area contributed by atoms with Gasteiger partial charge in [-0.1, -0.05) is 24.3 Å². The molecular weight excluding hydrogens is 660 g/mol. The van der Waals surface area contributed by atoms with Gasteiger partial charge in [-0.25, -0.2) is 18.6 Å². The Balaban J connectivity index is 1.20. The van der Waals surface area contributed by atoms with Crippen LogP contribution in [0.25, 0.3) is 33.1 Å². The summed E-state index contributed by atoms with van der Waals surface area (Å²) in [7, 11) is 0. The minimum absolute atomic E-state index is 0.0373.